The van der Waals surface area contributed by atoms with Crippen LogP contribution in [0, 0.1) is 18.9 Å². The molecule has 172 valence electrons. The van der Waals surface area contributed by atoms with E-state index in [1.807, 2.05) is 64.1 Å². The summed E-state index contributed by atoms with van der Waals surface area (Å²) < 4.78 is 43.5. The summed E-state index contributed by atoms with van der Waals surface area (Å²) in [5.41, 5.74) is 2.18. The van der Waals surface area contributed by atoms with Gasteiger partial charge in [-0.15, -0.1) is 0 Å². The number of benzene rings is 3. The summed E-state index contributed by atoms with van der Waals surface area (Å²) in [5, 5.41) is 0. The second-order valence-electron chi connectivity index (χ2n) is 8.52. The summed E-state index contributed by atoms with van der Waals surface area (Å²) in [6.07, 6.45) is 0. The second-order valence-corrected chi connectivity index (χ2v) is 12.3. The van der Waals surface area contributed by atoms with E-state index in [1.54, 1.807) is 48.5 Å². The van der Waals surface area contributed by atoms with Crippen molar-refractivity contribution in [2.45, 2.75) is 43.4 Å². The standard InChI is InChI=1S/C26H28N2O3S2/c1-21-15-17-24(18-16-21)33(30,31)28(23-13-9-6-10-14-23)20-19-25(22-11-7-5-8-12-22)27-32(29)26(2,3)4/h5-18,25,27H,1-4H3/t25-,32?/m1/s1. The van der Waals surface area contributed by atoms with E-state index >= 15 is 0 Å². The van der Waals surface area contributed by atoms with Crippen LogP contribution in [0.4, 0.5) is 5.69 Å². The molecular weight excluding hydrogens is 452 g/mol. The van der Waals surface area contributed by atoms with Gasteiger partial charge in [0.15, 0.2) is 0 Å². The fraction of sp³-hybridized carbons (Fsp3) is 0.231. The minimum Gasteiger partial charge on any atom is -0.242 e. The lowest BCUT2D eigenvalue weighted by Crippen LogP contribution is -2.35. The van der Waals surface area contributed by atoms with Crippen LogP contribution >= 0.6 is 0 Å². The zero-order valence-corrected chi connectivity index (χ0v) is 20.8. The van der Waals surface area contributed by atoms with Crippen LogP contribution in [0.3, 0.4) is 0 Å². The first-order valence-corrected chi connectivity index (χ1v) is 13.1. The van der Waals surface area contributed by atoms with Gasteiger partial charge in [-0.2, -0.15) is 4.31 Å². The SMILES string of the molecule is Cc1ccc(S(=O)(=O)N(C#C[C@@H](NS(=O)C(C)(C)C)c2ccccc2)c2ccccc2)cc1. The zero-order chi connectivity index (χ0) is 24.1. The molecule has 0 aliphatic rings. The van der Waals surface area contributed by atoms with E-state index in [2.05, 4.69) is 16.7 Å². The maximum absolute atomic E-state index is 13.5. The van der Waals surface area contributed by atoms with Gasteiger partial charge in [0.05, 0.1) is 26.3 Å². The third kappa shape index (κ3) is 6.32. The summed E-state index contributed by atoms with van der Waals surface area (Å²) in [4.78, 5) is 0.147. The Morgan fingerprint density at radius 3 is 1.97 bits per heavy atom. The highest BCUT2D eigenvalue weighted by Crippen LogP contribution is 2.24. The van der Waals surface area contributed by atoms with Gasteiger partial charge >= 0.3 is 0 Å². The van der Waals surface area contributed by atoms with Crippen LogP contribution in [-0.4, -0.2) is 17.4 Å². The van der Waals surface area contributed by atoms with Crippen molar-refractivity contribution in [3.8, 4) is 12.0 Å². The topological polar surface area (TPSA) is 66.5 Å². The Bertz CT molecular complexity index is 1260. The predicted octanol–water partition coefficient (Wildman–Crippen LogP) is 4.94. The average molecular weight is 481 g/mol. The molecule has 3 aromatic rings. The number of nitrogens with zero attached hydrogens (tertiary/aromatic N) is 1. The number of hydrogen-bond acceptors (Lipinski definition) is 3. The largest absolute Gasteiger partial charge is 0.275 e. The summed E-state index contributed by atoms with van der Waals surface area (Å²) in [6.45, 7) is 7.49. The molecule has 3 aromatic carbocycles. The van der Waals surface area contributed by atoms with E-state index in [9.17, 15) is 12.6 Å². The van der Waals surface area contributed by atoms with Gasteiger partial charge in [-0.1, -0.05) is 72.1 Å². The van der Waals surface area contributed by atoms with Crippen LogP contribution in [0.15, 0.2) is 89.8 Å². The van der Waals surface area contributed by atoms with Crippen LogP contribution in [0.2, 0.25) is 0 Å². The number of sulfonamides is 1. The van der Waals surface area contributed by atoms with E-state index in [1.165, 1.54) is 0 Å². The van der Waals surface area contributed by atoms with Crippen molar-refractivity contribution in [1.82, 2.24) is 4.72 Å². The van der Waals surface area contributed by atoms with E-state index in [0.717, 1.165) is 15.4 Å². The van der Waals surface area contributed by atoms with E-state index < -0.39 is 31.8 Å². The third-order valence-corrected chi connectivity index (χ3v) is 7.99. The number of para-hydroxylation sites is 1. The molecule has 0 aliphatic carbocycles. The van der Waals surface area contributed by atoms with Gasteiger partial charge in [0.25, 0.3) is 10.0 Å². The Morgan fingerprint density at radius 2 is 1.42 bits per heavy atom. The molecule has 0 amide bonds. The number of anilines is 1. The molecule has 0 spiro atoms. The molecule has 0 heterocycles. The van der Waals surface area contributed by atoms with Crippen molar-refractivity contribution >= 4 is 26.7 Å². The van der Waals surface area contributed by atoms with E-state index in [-0.39, 0.29) is 4.90 Å². The lowest BCUT2D eigenvalue weighted by atomic mass is 10.1. The maximum Gasteiger partial charge on any atom is 0.275 e. The molecular formula is C26H28N2O3S2. The summed E-state index contributed by atoms with van der Waals surface area (Å²) in [5.74, 6) is 3.02. The quantitative estimate of drug-likeness (QED) is 0.401. The van der Waals surface area contributed by atoms with Gasteiger partial charge in [0.2, 0.25) is 0 Å². The number of aryl methyl sites for hydroxylation is 1. The van der Waals surface area contributed by atoms with Crippen molar-refractivity contribution in [2.75, 3.05) is 4.31 Å². The molecule has 0 saturated heterocycles. The van der Waals surface area contributed by atoms with E-state index in [4.69, 9.17) is 0 Å². The van der Waals surface area contributed by atoms with Gasteiger partial charge in [-0.3, -0.25) is 0 Å². The molecule has 0 fully saturated rings. The molecule has 0 saturated carbocycles. The van der Waals surface area contributed by atoms with Gasteiger partial charge in [0, 0.05) is 6.04 Å². The molecule has 1 N–H and O–H groups in total. The first-order valence-electron chi connectivity index (χ1n) is 10.5. The van der Waals surface area contributed by atoms with Crippen LogP contribution in [0.25, 0.3) is 0 Å². The van der Waals surface area contributed by atoms with Gasteiger partial charge in [-0.25, -0.2) is 17.3 Å². The van der Waals surface area contributed by atoms with E-state index in [0.29, 0.717) is 5.69 Å². The third-order valence-electron chi connectivity index (χ3n) is 4.77. The summed E-state index contributed by atoms with van der Waals surface area (Å²) >= 11 is 0. The predicted molar refractivity (Wildman–Crippen MR) is 135 cm³/mol. The van der Waals surface area contributed by atoms with Crippen LogP contribution in [0.1, 0.15) is 37.9 Å². The zero-order valence-electron chi connectivity index (χ0n) is 19.1. The monoisotopic (exact) mass is 480 g/mol. The first-order chi connectivity index (χ1) is 15.6. The van der Waals surface area contributed by atoms with Gasteiger partial charge in [-0.05, 0) is 57.5 Å². The summed E-state index contributed by atoms with van der Waals surface area (Å²) in [6, 6.07) is 26.9. The Labute approximate surface area is 199 Å². The molecule has 5 nitrogen and oxygen atoms in total. The lowest BCUT2D eigenvalue weighted by molar-refractivity contribution is 0.596. The highest BCUT2D eigenvalue weighted by Gasteiger charge is 2.26. The van der Waals surface area contributed by atoms with Crippen LogP contribution in [-0.2, 0) is 21.0 Å². The van der Waals surface area contributed by atoms with Crippen molar-refractivity contribution in [3.05, 3.63) is 96.1 Å². The molecule has 7 heteroatoms. The molecule has 0 bridgehead atoms. The minimum absolute atomic E-state index is 0.147. The Balaban J connectivity index is 2.09. The Morgan fingerprint density at radius 1 is 0.879 bits per heavy atom. The number of hydrogen-bond donors (Lipinski definition) is 1. The van der Waals surface area contributed by atoms with Crippen molar-refractivity contribution in [3.63, 3.8) is 0 Å². The highest BCUT2D eigenvalue weighted by molar-refractivity contribution is 7.93. The normalized spacial score (nSPS) is 13.5. The Kier molecular flexibility index (Phi) is 7.75. The molecule has 0 radical (unpaired) electrons. The van der Waals surface area contributed by atoms with Crippen LogP contribution in [0.5, 0.6) is 0 Å². The summed E-state index contributed by atoms with van der Waals surface area (Å²) in [7, 11) is -5.36. The average Bonchev–Trinajstić information content (AvgIpc) is 2.79. The second kappa shape index (κ2) is 10.3. The smallest absolute Gasteiger partial charge is 0.242 e. The maximum atomic E-state index is 13.5. The molecule has 3 rings (SSSR count). The van der Waals surface area contributed by atoms with Crippen molar-refractivity contribution in [2.24, 2.45) is 0 Å². The number of nitrogens with one attached hydrogen (secondary N) is 1. The van der Waals surface area contributed by atoms with Gasteiger partial charge < -0.3 is 0 Å². The molecule has 0 aliphatic heterocycles. The first kappa shape index (κ1) is 24.7. The molecule has 0 aromatic heterocycles. The van der Waals surface area contributed by atoms with Gasteiger partial charge in [0.1, 0.15) is 6.04 Å². The minimum atomic E-state index is -3.95. The van der Waals surface area contributed by atoms with Crippen LogP contribution < -0.4 is 9.03 Å². The highest BCUT2D eigenvalue weighted by atomic mass is 32.2. The molecule has 2 atom stereocenters. The fourth-order valence-electron chi connectivity index (χ4n) is 2.88. The molecule has 1 unspecified atom stereocenters. The van der Waals surface area contributed by atoms with Crippen molar-refractivity contribution < 1.29 is 12.6 Å². The molecule has 33 heavy (non-hydrogen) atoms. The lowest BCUT2D eigenvalue weighted by Gasteiger charge is -2.22. The Hall–Kier alpha value is -2.92. The number of rotatable bonds is 6. The van der Waals surface area contributed by atoms with Crippen molar-refractivity contribution in [1.29, 1.82) is 0 Å². The fourth-order valence-corrected chi connectivity index (χ4v) is 4.90.